The summed E-state index contributed by atoms with van der Waals surface area (Å²) in [7, 11) is 0. The van der Waals surface area contributed by atoms with Crippen molar-refractivity contribution in [3.8, 4) is 0 Å². The molecule has 2 rings (SSSR count). The fourth-order valence-corrected chi connectivity index (χ4v) is 1.71. The Morgan fingerprint density at radius 3 is 2.83 bits per heavy atom. The standard InChI is InChI=1S/C13H11FN2OS/c1-8-4-9(7-15-6-8)16-13(17)11-5-10(18)2-3-12(11)14/h2-7,18H,1H3,(H,16,17). The van der Waals surface area contributed by atoms with Crippen LogP contribution in [-0.4, -0.2) is 10.9 Å². The number of thiol groups is 1. The van der Waals surface area contributed by atoms with E-state index in [-0.39, 0.29) is 5.56 Å². The van der Waals surface area contributed by atoms with Crippen molar-refractivity contribution in [3.05, 3.63) is 53.6 Å². The highest BCUT2D eigenvalue weighted by Crippen LogP contribution is 2.16. The van der Waals surface area contributed by atoms with Crippen molar-refractivity contribution in [1.29, 1.82) is 0 Å². The number of carbonyl (C=O) groups excluding carboxylic acids is 1. The average Bonchev–Trinajstić information content (AvgIpc) is 2.32. The smallest absolute Gasteiger partial charge is 0.258 e. The van der Waals surface area contributed by atoms with E-state index >= 15 is 0 Å². The summed E-state index contributed by atoms with van der Waals surface area (Å²) in [6.07, 6.45) is 3.18. The fourth-order valence-electron chi connectivity index (χ4n) is 1.51. The summed E-state index contributed by atoms with van der Waals surface area (Å²) >= 11 is 4.08. The number of hydrogen-bond donors (Lipinski definition) is 2. The van der Waals surface area contributed by atoms with Gasteiger partial charge in [0.1, 0.15) is 5.82 Å². The van der Waals surface area contributed by atoms with E-state index in [1.165, 1.54) is 24.4 Å². The summed E-state index contributed by atoms with van der Waals surface area (Å²) in [6, 6.07) is 5.85. The van der Waals surface area contributed by atoms with Crippen molar-refractivity contribution in [2.75, 3.05) is 5.32 Å². The number of rotatable bonds is 2. The first-order chi connectivity index (χ1) is 8.56. The Balaban J connectivity index is 2.24. The highest BCUT2D eigenvalue weighted by atomic mass is 32.1. The van der Waals surface area contributed by atoms with Crippen molar-refractivity contribution >= 4 is 24.2 Å². The highest BCUT2D eigenvalue weighted by molar-refractivity contribution is 7.80. The number of pyridine rings is 1. The summed E-state index contributed by atoms with van der Waals surface area (Å²) in [6.45, 7) is 1.86. The number of amides is 1. The van der Waals surface area contributed by atoms with Crippen LogP contribution in [0.5, 0.6) is 0 Å². The third-order valence-electron chi connectivity index (χ3n) is 2.33. The van der Waals surface area contributed by atoms with Crippen LogP contribution in [0.25, 0.3) is 0 Å². The lowest BCUT2D eigenvalue weighted by molar-refractivity contribution is 0.102. The zero-order valence-corrected chi connectivity index (χ0v) is 10.5. The molecule has 0 aliphatic carbocycles. The first-order valence-electron chi connectivity index (χ1n) is 5.28. The van der Waals surface area contributed by atoms with E-state index in [0.717, 1.165) is 5.56 Å². The van der Waals surface area contributed by atoms with Gasteiger partial charge in [0, 0.05) is 11.1 Å². The lowest BCUT2D eigenvalue weighted by Crippen LogP contribution is -2.14. The Morgan fingerprint density at radius 2 is 2.11 bits per heavy atom. The van der Waals surface area contributed by atoms with Crippen molar-refractivity contribution in [1.82, 2.24) is 4.98 Å². The second-order valence-corrected chi connectivity index (χ2v) is 4.39. The van der Waals surface area contributed by atoms with E-state index in [4.69, 9.17) is 0 Å². The number of halogens is 1. The SMILES string of the molecule is Cc1cncc(NC(=O)c2cc(S)ccc2F)c1. The molecule has 1 heterocycles. The molecule has 0 aliphatic heterocycles. The summed E-state index contributed by atoms with van der Waals surface area (Å²) in [5.41, 5.74) is 1.41. The Bertz CT molecular complexity index is 601. The molecule has 0 bridgehead atoms. The van der Waals surface area contributed by atoms with Crippen LogP contribution in [0.3, 0.4) is 0 Å². The van der Waals surface area contributed by atoms with Crippen molar-refractivity contribution in [2.45, 2.75) is 11.8 Å². The van der Waals surface area contributed by atoms with Gasteiger partial charge in [-0.3, -0.25) is 9.78 Å². The number of anilines is 1. The van der Waals surface area contributed by atoms with Gasteiger partial charge in [-0.25, -0.2) is 4.39 Å². The van der Waals surface area contributed by atoms with Crippen molar-refractivity contribution < 1.29 is 9.18 Å². The first kappa shape index (κ1) is 12.6. The van der Waals surface area contributed by atoms with Gasteiger partial charge in [0.2, 0.25) is 0 Å². The molecule has 1 aromatic carbocycles. The van der Waals surface area contributed by atoms with E-state index < -0.39 is 11.7 Å². The first-order valence-corrected chi connectivity index (χ1v) is 5.72. The Hall–Kier alpha value is -1.88. The number of hydrogen-bond acceptors (Lipinski definition) is 3. The van der Waals surface area contributed by atoms with Crippen molar-refractivity contribution in [3.63, 3.8) is 0 Å². The Morgan fingerprint density at radius 1 is 1.33 bits per heavy atom. The van der Waals surface area contributed by atoms with Gasteiger partial charge in [-0.2, -0.15) is 0 Å². The molecule has 0 saturated heterocycles. The molecule has 0 radical (unpaired) electrons. The molecule has 18 heavy (non-hydrogen) atoms. The van der Waals surface area contributed by atoms with E-state index in [1.807, 2.05) is 6.92 Å². The van der Waals surface area contributed by atoms with Crippen LogP contribution >= 0.6 is 12.6 Å². The van der Waals surface area contributed by atoms with Gasteiger partial charge in [0.15, 0.2) is 0 Å². The molecule has 1 aromatic heterocycles. The maximum absolute atomic E-state index is 13.5. The van der Waals surface area contributed by atoms with Crippen LogP contribution in [0.1, 0.15) is 15.9 Å². The molecule has 0 atom stereocenters. The molecule has 0 unspecified atom stereocenters. The van der Waals surface area contributed by atoms with Gasteiger partial charge in [0.25, 0.3) is 5.91 Å². The largest absolute Gasteiger partial charge is 0.320 e. The Kier molecular flexibility index (Phi) is 3.62. The van der Waals surface area contributed by atoms with Gasteiger partial charge >= 0.3 is 0 Å². The Labute approximate surface area is 109 Å². The number of aromatic nitrogens is 1. The molecular weight excluding hydrogens is 251 g/mol. The molecule has 1 amide bonds. The second kappa shape index (κ2) is 5.18. The molecule has 5 heteroatoms. The van der Waals surface area contributed by atoms with Crippen LogP contribution in [0, 0.1) is 12.7 Å². The lowest BCUT2D eigenvalue weighted by atomic mass is 10.2. The van der Waals surface area contributed by atoms with Crippen LogP contribution in [0.15, 0.2) is 41.6 Å². The van der Waals surface area contributed by atoms with E-state index in [2.05, 4.69) is 22.9 Å². The minimum absolute atomic E-state index is 0.0380. The van der Waals surface area contributed by atoms with Gasteiger partial charge < -0.3 is 5.32 Å². The van der Waals surface area contributed by atoms with E-state index in [1.54, 1.807) is 12.3 Å². The maximum Gasteiger partial charge on any atom is 0.258 e. The molecule has 3 nitrogen and oxygen atoms in total. The predicted octanol–water partition coefficient (Wildman–Crippen LogP) is 3.07. The zero-order chi connectivity index (χ0) is 13.1. The third-order valence-corrected chi connectivity index (χ3v) is 2.61. The summed E-state index contributed by atoms with van der Waals surface area (Å²) in [5.74, 6) is -1.10. The number of nitrogens with one attached hydrogen (secondary N) is 1. The third kappa shape index (κ3) is 2.87. The van der Waals surface area contributed by atoms with Gasteiger partial charge in [-0.15, -0.1) is 12.6 Å². The number of benzene rings is 1. The van der Waals surface area contributed by atoms with Crippen LogP contribution in [-0.2, 0) is 0 Å². The minimum atomic E-state index is -0.578. The normalized spacial score (nSPS) is 10.2. The highest BCUT2D eigenvalue weighted by Gasteiger charge is 2.12. The van der Waals surface area contributed by atoms with E-state index in [9.17, 15) is 9.18 Å². The van der Waals surface area contributed by atoms with Gasteiger partial charge in [0.05, 0.1) is 17.4 Å². The van der Waals surface area contributed by atoms with E-state index in [0.29, 0.717) is 10.6 Å². The van der Waals surface area contributed by atoms with Crippen molar-refractivity contribution in [2.24, 2.45) is 0 Å². The average molecular weight is 262 g/mol. The quantitative estimate of drug-likeness (QED) is 0.817. The topological polar surface area (TPSA) is 42.0 Å². The zero-order valence-electron chi connectivity index (χ0n) is 9.64. The molecule has 1 N–H and O–H groups in total. The summed E-state index contributed by atoms with van der Waals surface area (Å²) in [4.78, 5) is 16.4. The molecular formula is C13H11FN2OS. The molecule has 0 aliphatic rings. The lowest BCUT2D eigenvalue weighted by Gasteiger charge is -2.06. The van der Waals surface area contributed by atoms with Gasteiger partial charge in [-0.05, 0) is 36.8 Å². The maximum atomic E-state index is 13.5. The minimum Gasteiger partial charge on any atom is -0.320 e. The summed E-state index contributed by atoms with van der Waals surface area (Å²) < 4.78 is 13.5. The van der Waals surface area contributed by atoms with Crippen LogP contribution in [0.2, 0.25) is 0 Å². The molecule has 0 spiro atoms. The molecule has 92 valence electrons. The fraction of sp³-hybridized carbons (Fsp3) is 0.0769. The summed E-state index contributed by atoms with van der Waals surface area (Å²) in [5, 5.41) is 2.59. The predicted molar refractivity (Wildman–Crippen MR) is 70.6 cm³/mol. The molecule has 0 saturated carbocycles. The van der Waals surface area contributed by atoms with Crippen LogP contribution in [0.4, 0.5) is 10.1 Å². The molecule has 0 fully saturated rings. The number of aryl methyl sites for hydroxylation is 1. The second-order valence-electron chi connectivity index (χ2n) is 3.87. The van der Waals surface area contributed by atoms with Gasteiger partial charge in [-0.1, -0.05) is 0 Å². The molecule has 2 aromatic rings. The monoisotopic (exact) mass is 262 g/mol. The number of carbonyl (C=O) groups is 1. The van der Waals surface area contributed by atoms with Crippen LogP contribution < -0.4 is 5.32 Å². The number of nitrogens with zero attached hydrogens (tertiary/aromatic N) is 1.